The van der Waals surface area contributed by atoms with Crippen LogP contribution in [0.3, 0.4) is 0 Å². The number of aliphatic hydroxyl groups excluding tert-OH is 1. The number of hydrogen-bond acceptors (Lipinski definition) is 2. The van der Waals surface area contributed by atoms with Crippen molar-refractivity contribution in [1.29, 1.82) is 0 Å². The number of halogens is 1. The minimum Gasteiger partial charge on any atom is -0.396 e. The van der Waals surface area contributed by atoms with E-state index in [1.807, 2.05) is 0 Å². The summed E-state index contributed by atoms with van der Waals surface area (Å²) in [5.41, 5.74) is 9.35. The number of benzene rings is 1. The van der Waals surface area contributed by atoms with Crippen LogP contribution < -0.4 is 5.73 Å². The van der Waals surface area contributed by atoms with E-state index in [2.05, 4.69) is 41.9 Å². The highest BCUT2D eigenvalue weighted by Crippen LogP contribution is 2.23. The van der Waals surface area contributed by atoms with Gasteiger partial charge in [-0.05, 0) is 55.5 Å². The standard InChI is InChI=1S/C12H18BrNO/c1-8-3-11(5-10(6-14)7-15)12(13)4-9(8)2/h3-4,10,15H,5-7,14H2,1-2H3. The number of rotatable bonds is 4. The maximum absolute atomic E-state index is 9.11. The molecule has 1 aromatic carbocycles. The molecule has 0 aliphatic heterocycles. The normalized spacial score (nSPS) is 12.9. The Morgan fingerprint density at radius 3 is 2.47 bits per heavy atom. The molecule has 84 valence electrons. The van der Waals surface area contributed by atoms with Crippen molar-refractivity contribution < 1.29 is 5.11 Å². The molecule has 0 fully saturated rings. The van der Waals surface area contributed by atoms with Crippen molar-refractivity contribution in [1.82, 2.24) is 0 Å². The molecule has 15 heavy (non-hydrogen) atoms. The van der Waals surface area contributed by atoms with Gasteiger partial charge in [-0.25, -0.2) is 0 Å². The van der Waals surface area contributed by atoms with Crippen LogP contribution in [-0.4, -0.2) is 18.3 Å². The number of nitrogens with two attached hydrogens (primary N) is 1. The lowest BCUT2D eigenvalue weighted by Gasteiger charge is -2.14. The first-order valence-electron chi connectivity index (χ1n) is 5.15. The fourth-order valence-electron chi connectivity index (χ4n) is 1.53. The van der Waals surface area contributed by atoms with Crippen LogP contribution in [0.5, 0.6) is 0 Å². The van der Waals surface area contributed by atoms with Crippen LogP contribution in [0.15, 0.2) is 16.6 Å². The first-order chi connectivity index (χ1) is 7.08. The molecular weight excluding hydrogens is 254 g/mol. The zero-order valence-electron chi connectivity index (χ0n) is 9.26. The van der Waals surface area contributed by atoms with Crippen LogP contribution in [0.1, 0.15) is 16.7 Å². The summed E-state index contributed by atoms with van der Waals surface area (Å²) in [5, 5.41) is 9.11. The molecule has 0 spiro atoms. The Kier molecular flexibility index (Phi) is 4.77. The average molecular weight is 272 g/mol. The van der Waals surface area contributed by atoms with Gasteiger partial charge in [0.15, 0.2) is 0 Å². The van der Waals surface area contributed by atoms with Crippen molar-refractivity contribution in [2.24, 2.45) is 11.7 Å². The molecular formula is C12H18BrNO. The Hall–Kier alpha value is -0.380. The summed E-state index contributed by atoms with van der Waals surface area (Å²) in [6.45, 7) is 4.86. The molecule has 0 aliphatic carbocycles. The smallest absolute Gasteiger partial charge is 0.0474 e. The highest BCUT2D eigenvalue weighted by molar-refractivity contribution is 9.10. The zero-order chi connectivity index (χ0) is 11.4. The van der Waals surface area contributed by atoms with E-state index >= 15 is 0 Å². The van der Waals surface area contributed by atoms with Crippen LogP contribution in [0.25, 0.3) is 0 Å². The van der Waals surface area contributed by atoms with Crippen molar-refractivity contribution >= 4 is 15.9 Å². The highest BCUT2D eigenvalue weighted by atomic mass is 79.9. The summed E-state index contributed by atoms with van der Waals surface area (Å²) in [6.07, 6.45) is 0.828. The third-order valence-corrected chi connectivity index (χ3v) is 3.50. The second-order valence-electron chi connectivity index (χ2n) is 4.02. The molecule has 1 atom stereocenters. The molecule has 3 heteroatoms. The fraction of sp³-hybridized carbons (Fsp3) is 0.500. The summed E-state index contributed by atoms with van der Waals surface area (Å²) in [7, 11) is 0. The summed E-state index contributed by atoms with van der Waals surface area (Å²) in [5.74, 6) is 0.156. The van der Waals surface area contributed by atoms with E-state index in [1.165, 1.54) is 16.7 Å². The van der Waals surface area contributed by atoms with Crippen LogP contribution in [0.4, 0.5) is 0 Å². The van der Waals surface area contributed by atoms with Crippen molar-refractivity contribution in [3.8, 4) is 0 Å². The lowest BCUT2D eigenvalue weighted by molar-refractivity contribution is 0.229. The summed E-state index contributed by atoms with van der Waals surface area (Å²) in [6, 6.07) is 4.29. The van der Waals surface area contributed by atoms with Gasteiger partial charge in [0, 0.05) is 11.1 Å². The van der Waals surface area contributed by atoms with Gasteiger partial charge in [-0.1, -0.05) is 22.0 Å². The van der Waals surface area contributed by atoms with Gasteiger partial charge in [0.25, 0.3) is 0 Å². The largest absolute Gasteiger partial charge is 0.396 e. The zero-order valence-corrected chi connectivity index (χ0v) is 10.8. The van der Waals surface area contributed by atoms with Gasteiger partial charge in [-0.3, -0.25) is 0 Å². The summed E-state index contributed by atoms with van der Waals surface area (Å²) >= 11 is 3.55. The Balaban J connectivity index is 2.89. The third kappa shape index (κ3) is 3.30. The predicted molar refractivity (Wildman–Crippen MR) is 67.0 cm³/mol. The van der Waals surface area contributed by atoms with E-state index in [1.54, 1.807) is 0 Å². The predicted octanol–water partition coefficient (Wildman–Crippen LogP) is 2.18. The quantitative estimate of drug-likeness (QED) is 0.882. The van der Waals surface area contributed by atoms with Crippen molar-refractivity contribution in [2.75, 3.05) is 13.2 Å². The molecule has 0 saturated carbocycles. The van der Waals surface area contributed by atoms with Crippen molar-refractivity contribution in [2.45, 2.75) is 20.3 Å². The number of aryl methyl sites for hydroxylation is 2. The second-order valence-corrected chi connectivity index (χ2v) is 4.87. The summed E-state index contributed by atoms with van der Waals surface area (Å²) < 4.78 is 1.11. The monoisotopic (exact) mass is 271 g/mol. The Morgan fingerprint density at radius 1 is 1.33 bits per heavy atom. The van der Waals surface area contributed by atoms with Crippen molar-refractivity contribution in [3.63, 3.8) is 0 Å². The molecule has 0 aromatic heterocycles. The van der Waals surface area contributed by atoms with Crippen LogP contribution in [0, 0.1) is 19.8 Å². The molecule has 0 radical (unpaired) electrons. The van der Waals surface area contributed by atoms with Gasteiger partial charge < -0.3 is 10.8 Å². The van der Waals surface area contributed by atoms with Crippen LogP contribution in [0.2, 0.25) is 0 Å². The van der Waals surface area contributed by atoms with Crippen molar-refractivity contribution in [3.05, 3.63) is 33.3 Å². The van der Waals surface area contributed by atoms with Gasteiger partial charge in [-0.2, -0.15) is 0 Å². The lowest BCUT2D eigenvalue weighted by Crippen LogP contribution is -2.20. The molecule has 0 bridgehead atoms. The van der Waals surface area contributed by atoms with Gasteiger partial charge in [0.1, 0.15) is 0 Å². The lowest BCUT2D eigenvalue weighted by atomic mass is 9.97. The number of aliphatic hydroxyl groups is 1. The van der Waals surface area contributed by atoms with E-state index in [0.29, 0.717) is 6.54 Å². The van der Waals surface area contributed by atoms with E-state index in [0.717, 1.165) is 10.9 Å². The maximum atomic E-state index is 9.11. The Bertz CT molecular complexity index is 335. The third-order valence-electron chi connectivity index (χ3n) is 2.76. The second kappa shape index (κ2) is 5.64. The first kappa shape index (κ1) is 12.7. The van der Waals surface area contributed by atoms with E-state index in [-0.39, 0.29) is 12.5 Å². The number of hydrogen-bond donors (Lipinski definition) is 2. The fourth-order valence-corrected chi connectivity index (χ4v) is 2.15. The van der Waals surface area contributed by atoms with E-state index in [9.17, 15) is 0 Å². The molecule has 3 N–H and O–H groups in total. The molecule has 0 heterocycles. The van der Waals surface area contributed by atoms with Gasteiger partial charge >= 0.3 is 0 Å². The first-order valence-corrected chi connectivity index (χ1v) is 5.94. The molecule has 1 aromatic rings. The Morgan fingerprint density at radius 2 is 1.93 bits per heavy atom. The molecule has 2 nitrogen and oxygen atoms in total. The van der Waals surface area contributed by atoms with Crippen LogP contribution in [-0.2, 0) is 6.42 Å². The van der Waals surface area contributed by atoms with Gasteiger partial charge in [0.2, 0.25) is 0 Å². The molecule has 1 unspecified atom stereocenters. The minimum absolute atomic E-state index is 0.149. The van der Waals surface area contributed by atoms with Gasteiger partial charge in [-0.15, -0.1) is 0 Å². The molecule has 0 amide bonds. The molecule has 0 saturated heterocycles. The molecule has 1 rings (SSSR count). The van der Waals surface area contributed by atoms with Crippen LogP contribution >= 0.6 is 15.9 Å². The topological polar surface area (TPSA) is 46.2 Å². The minimum atomic E-state index is 0.149. The molecule has 0 aliphatic rings. The van der Waals surface area contributed by atoms with Gasteiger partial charge in [0.05, 0.1) is 0 Å². The van der Waals surface area contributed by atoms with E-state index < -0.39 is 0 Å². The summed E-state index contributed by atoms with van der Waals surface area (Å²) in [4.78, 5) is 0. The Labute approximate surface area is 99.6 Å². The highest BCUT2D eigenvalue weighted by Gasteiger charge is 2.10. The SMILES string of the molecule is Cc1cc(Br)c(CC(CN)CO)cc1C. The maximum Gasteiger partial charge on any atom is 0.0474 e. The average Bonchev–Trinajstić information content (AvgIpc) is 2.21. The van der Waals surface area contributed by atoms with E-state index in [4.69, 9.17) is 10.8 Å².